The van der Waals surface area contributed by atoms with Gasteiger partial charge in [0.15, 0.2) is 35.6 Å². The van der Waals surface area contributed by atoms with Gasteiger partial charge in [-0.15, -0.1) is 0 Å². The molecule has 2 saturated heterocycles. The van der Waals surface area contributed by atoms with E-state index in [4.69, 9.17) is 46.7 Å². The Morgan fingerprint density at radius 3 is 1.20 bits per heavy atom. The summed E-state index contributed by atoms with van der Waals surface area (Å²) in [7, 11) is 0. The number of hydrogen-bond donors (Lipinski definition) is 0. The van der Waals surface area contributed by atoms with E-state index in [-0.39, 0.29) is 50.2 Å². The third kappa shape index (κ3) is 8.70. The second-order valence-corrected chi connectivity index (χ2v) is 14.3. The Morgan fingerprint density at radius 2 is 0.880 bits per heavy atom. The quantitative estimate of drug-likeness (QED) is 0.120. The maximum atomic E-state index is 6.69. The maximum Gasteiger partial charge on any atom is 0.165 e. The number of benzene rings is 2. The van der Waals surface area contributed by atoms with Crippen LogP contribution < -0.4 is 18.9 Å². The molecule has 2 aliphatic rings. The first-order valence-corrected chi connectivity index (χ1v) is 18.4. The monoisotopic (exact) mass is 694 g/mol. The van der Waals surface area contributed by atoms with E-state index in [1.165, 1.54) is 0 Å². The van der Waals surface area contributed by atoms with Crippen molar-refractivity contribution in [1.82, 2.24) is 0 Å². The standard InChI is InChI=1S/C40H54O10/c1-23(2)45-31-17-27-29(19-33(31)47-25(5)6)49-35(21-43-37-13-9-11-15-41-37)39(27)40-28-18-32(46-24(3)4)34(48-26(7)8)20-30(28)50-36(40)22-44-38-14-10-12-16-42-38/h17-20,23-26,37-38H,9-16,21-22H2,1-8H3. The normalized spacial score (nSPS) is 18.6. The average Bonchev–Trinajstić information content (AvgIpc) is 3.58. The smallest absolute Gasteiger partial charge is 0.165 e. The SMILES string of the molecule is CC(C)Oc1cc2oc(COC3CCCCO3)c(-c3c(COC4CCCCO4)oc4cc(OC(C)C)c(OC(C)C)cc34)c2cc1OC(C)C. The molecule has 0 N–H and O–H groups in total. The van der Waals surface area contributed by atoms with Crippen molar-refractivity contribution in [1.29, 1.82) is 0 Å². The van der Waals surface area contributed by atoms with Crippen LogP contribution in [0.15, 0.2) is 33.1 Å². The Balaban J connectivity index is 1.57. The van der Waals surface area contributed by atoms with Gasteiger partial charge in [0.25, 0.3) is 0 Å². The van der Waals surface area contributed by atoms with E-state index < -0.39 is 0 Å². The highest BCUT2D eigenvalue weighted by Crippen LogP contribution is 2.48. The molecule has 50 heavy (non-hydrogen) atoms. The molecule has 274 valence electrons. The predicted octanol–water partition coefficient (Wildman–Crippen LogP) is 10.1. The molecule has 4 heterocycles. The van der Waals surface area contributed by atoms with Gasteiger partial charge >= 0.3 is 0 Å². The van der Waals surface area contributed by atoms with Crippen LogP contribution in [0, 0.1) is 0 Å². The Hall–Kier alpha value is -3.44. The van der Waals surface area contributed by atoms with Crippen molar-refractivity contribution in [3.05, 3.63) is 35.8 Å². The van der Waals surface area contributed by atoms with Gasteiger partial charge in [-0.2, -0.15) is 0 Å². The van der Waals surface area contributed by atoms with E-state index in [2.05, 4.69) is 0 Å². The molecule has 10 nitrogen and oxygen atoms in total. The molecule has 0 spiro atoms. The number of rotatable bonds is 15. The van der Waals surface area contributed by atoms with Gasteiger partial charge in [0.05, 0.1) is 24.4 Å². The largest absolute Gasteiger partial charge is 0.487 e. The third-order valence-electron chi connectivity index (χ3n) is 8.43. The van der Waals surface area contributed by atoms with Gasteiger partial charge in [0.1, 0.15) is 35.9 Å². The van der Waals surface area contributed by atoms with Crippen LogP contribution in [0.4, 0.5) is 0 Å². The molecule has 2 fully saturated rings. The van der Waals surface area contributed by atoms with Crippen LogP contribution in [0.5, 0.6) is 23.0 Å². The zero-order valence-electron chi connectivity index (χ0n) is 30.9. The highest BCUT2D eigenvalue weighted by atomic mass is 16.7. The highest BCUT2D eigenvalue weighted by molar-refractivity contribution is 6.07. The lowest BCUT2D eigenvalue weighted by Gasteiger charge is -2.23. The third-order valence-corrected chi connectivity index (χ3v) is 8.43. The Morgan fingerprint density at radius 1 is 0.520 bits per heavy atom. The molecule has 2 aromatic carbocycles. The van der Waals surface area contributed by atoms with Crippen LogP contribution >= 0.6 is 0 Å². The van der Waals surface area contributed by atoms with Crippen molar-refractivity contribution < 1.29 is 46.7 Å². The Bertz CT molecular complexity index is 1580. The second-order valence-electron chi connectivity index (χ2n) is 14.3. The molecule has 0 radical (unpaired) electrons. The molecule has 2 aliphatic heterocycles. The van der Waals surface area contributed by atoms with Crippen LogP contribution in [0.1, 0.15) is 105 Å². The summed E-state index contributed by atoms with van der Waals surface area (Å²) in [4.78, 5) is 0. The number of fused-ring (bicyclic) bond motifs is 2. The molecule has 6 rings (SSSR count). The van der Waals surface area contributed by atoms with Gasteiger partial charge in [0, 0.05) is 47.2 Å². The van der Waals surface area contributed by atoms with E-state index in [1.54, 1.807) is 0 Å². The molecule has 2 unspecified atom stereocenters. The zero-order chi connectivity index (χ0) is 35.4. The van der Waals surface area contributed by atoms with E-state index in [0.717, 1.165) is 60.4 Å². The van der Waals surface area contributed by atoms with Crippen molar-refractivity contribution >= 4 is 21.9 Å². The van der Waals surface area contributed by atoms with Crippen molar-refractivity contribution in [2.75, 3.05) is 13.2 Å². The zero-order valence-corrected chi connectivity index (χ0v) is 30.9. The maximum absolute atomic E-state index is 6.69. The van der Waals surface area contributed by atoms with E-state index in [1.807, 2.05) is 79.7 Å². The van der Waals surface area contributed by atoms with Crippen molar-refractivity contribution in [2.24, 2.45) is 0 Å². The molecule has 0 aliphatic carbocycles. The first kappa shape index (κ1) is 36.4. The minimum absolute atomic E-state index is 0.0622. The summed E-state index contributed by atoms with van der Waals surface area (Å²) in [6, 6.07) is 7.82. The molecule has 0 bridgehead atoms. The summed E-state index contributed by atoms with van der Waals surface area (Å²) in [6.07, 6.45) is 4.95. The summed E-state index contributed by atoms with van der Waals surface area (Å²) in [6.45, 7) is 17.7. The summed E-state index contributed by atoms with van der Waals surface area (Å²) in [5.41, 5.74) is 2.95. The summed E-state index contributed by atoms with van der Waals surface area (Å²) >= 11 is 0. The van der Waals surface area contributed by atoms with Gasteiger partial charge in [-0.3, -0.25) is 0 Å². The van der Waals surface area contributed by atoms with Crippen molar-refractivity contribution in [3.63, 3.8) is 0 Å². The Labute approximate surface area is 295 Å². The van der Waals surface area contributed by atoms with E-state index in [9.17, 15) is 0 Å². The fraction of sp³-hybridized carbons (Fsp3) is 0.600. The fourth-order valence-electron chi connectivity index (χ4n) is 6.47. The first-order chi connectivity index (χ1) is 24.0. The topological polar surface area (TPSA) is 100 Å². The molecular formula is C40H54O10. The van der Waals surface area contributed by atoms with E-state index in [0.29, 0.717) is 58.9 Å². The van der Waals surface area contributed by atoms with Crippen LogP contribution in [-0.4, -0.2) is 50.2 Å². The molecule has 10 heteroatoms. The summed E-state index contributed by atoms with van der Waals surface area (Å²) in [5, 5.41) is 1.68. The fourth-order valence-corrected chi connectivity index (χ4v) is 6.47. The lowest BCUT2D eigenvalue weighted by atomic mass is 9.98. The van der Waals surface area contributed by atoms with Gasteiger partial charge in [0.2, 0.25) is 0 Å². The lowest BCUT2D eigenvalue weighted by molar-refractivity contribution is -0.171. The molecule has 2 aromatic heterocycles. The van der Waals surface area contributed by atoms with Crippen molar-refractivity contribution in [3.8, 4) is 34.1 Å². The molecule has 0 amide bonds. The van der Waals surface area contributed by atoms with Crippen LogP contribution in [0.2, 0.25) is 0 Å². The van der Waals surface area contributed by atoms with E-state index >= 15 is 0 Å². The minimum atomic E-state index is -0.307. The van der Waals surface area contributed by atoms with Gasteiger partial charge in [-0.25, -0.2) is 0 Å². The van der Waals surface area contributed by atoms with Gasteiger partial charge < -0.3 is 46.7 Å². The van der Waals surface area contributed by atoms with Crippen molar-refractivity contribution in [2.45, 2.75) is 144 Å². The Kier molecular flexibility index (Phi) is 11.8. The second kappa shape index (κ2) is 16.3. The molecular weight excluding hydrogens is 640 g/mol. The first-order valence-electron chi connectivity index (χ1n) is 18.4. The number of furan rings is 2. The van der Waals surface area contributed by atoms with Crippen LogP contribution in [0.25, 0.3) is 33.1 Å². The lowest BCUT2D eigenvalue weighted by Crippen LogP contribution is -2.22. The molecule has 4 aromatic rings. The van der Waals surface area contributed by atoms with Gasteiger partial charge in [-0.1, -0.05) is 0 Å². The highest BCUT2D eigenvalue weighted by Gasteiger charge is 2.30. The van der Waals surface area contributed by atoms with Gasteiger partial charge in [-0.05, 0) is 106 Å². The molecule has 2 atom stereocenters. The number of hydrogen-bond acceptors (Lipinski definition) is 10. The van der Waals surface area contributed by atoms with Crippen LogP contribution in [-0.2, 0) is 32.2 Å². The summed E-state index contributed by atoms with van der Waals surface area (Å²) < 4.78 is 63.1. The minimum Gasteiger partial charge on any atom is -0.487 e. The van der Waals surface area contributed by atoms with Crippen LogP contribution in [0.3, 0.4) is 0 Å². The molecule has 0 saturated carbocycles. The predicted molar refractivity (Wildman–Crippen MR) is 191 cm³/mol. The summed E-state index contributed by atoms with van der Waals surface area (Å²) in [5.74, 6) is 3.76. The number of ether oxygens (including phenoxy) is 8. The average molecular weight is 695 g/mol.